The van der Waals surface area contributed by atoms with Gasteiger partial charge in [0.1, 0.15) is 0 Å². The standard InChI is InChI=1S/C20H30N2O3/c1-16(23)13-21-11-12-25-19(14-21)15-22(18-9-5-6-10-18)20(24)17-7-3-2-4-8-17/h2-4,7-8,16,18-19,23H,5-6,9-15H2,1H3. The molecule has 3 rings (SSSR count). The summed E-state index contributed by atoms with van der Waals surface area (Å²) < 4.78 is 5.95. The number of carbonyl (C=O) groups is 1. The van der Waals surface area contributed by atoms with E-state index in [0.717, 1.165) is 31.5 Å². The van der Waals surface area contributed by atoms with E-state index in [2.05, 4.69) is 4.90 Å². The lowest BCUT2D eigenvalue weighted by Crippen LogP contribution is -2.52. The average molecular weight is 346 g/mol. The van der Waals surface area contributed by atoms with Gasteiger partial charge < -0.3 is 14.7 Å². The molecule has 1 aliphatic heterocycles. The third kappa shape index (κ3) is 5.03. The van der Waals surface area contributed by atoms with Crippen molar-refractivity contribution in [3.8, 4) is 0 Å². The topological polar surface area (TPSA) is 53.0 Å². The molecule has 1 heterocycles. The van der Waals surface area contributed by atoms with Gasteiger partial charge in [-0.3, -0.25) is 9.69 Å². The smallest absolute Gasteiger partial charge is 0.254 e. The molecule has 1 aromatic carbocycles. The highest BCUT2D eigenvalue weighted by Gasteiger charge is 2.31. The highest BCUT2D eigenvalue weighted by molar-refractivity contribution is 5.94. The lowest BCUT2D eigenvalue weighted by Gasteiger charge is -2.38. The van der Waals surface area contributed by atoms with Crippen molar-refractivity contribution in [1.82, 2.24) is 9.80 Å². The number of aliphatic hydroxyl groups excluding tert-OH is 1. The van der Waals surface area contributed by atoms with Gasteiger partial charge in [-0.05, 0) is 31.9 Å². The molecule has 0 bridgehead atoms. The maximum atomic E-state index is 13.1. The fraction of sp³-hybridized carbons (Fsp3) is 0.650. The molecule has 2 unspecified atom stereocenters. The molecule has 2 fully saturated rings. The van der Waals surface area contributed by atoms with Gasteiger partial charge in [0.15, 0.2) is 0 Å². The number of aliphatic hydroxyl groups is 1. The molecule has 1 aromatic rings. The molecular formula is C20H30N2O3. The minimum absolute atomic E-state index is 0.0146. The monoisotopic (exact) mass is 346 g/mol. The molecule has 0 radical (unpaired) electrons. The minimum atomic E-state index is -0.337. The Bertz CT molecular complexity index is 543. The molecule has 1 aliphatic carbocycles. The molecule has 0 spiro atoms. The number of benzene rings is 1. The number of amides is 1. The molecule has 2 aliphatic rings. The predicted octanol–water partition coefficient (Wildman–Crippen LogP) is 2.15. The second kappa shape index (κ2) is 8.79. The quantitative estimate of drug-likeness (QED) is 0.858. The summed E-state index contributed by atoms with van der Waals surface area (Å²) in [4.78, 5) is 17.4. The van der Waals surface area contributed by atoms with Gasteiger partial charge in [-0.2, -0.15) is 0 Å². The molecule has 1 saturated carbocycles. The van der Waals surface area contributed by atoms with Crippen molar-refractivity contribution in [1.29, 1.82) is 0 Å². The van der Waals surface area contributed by atoms with Crippen molar-refractivity contribution in [2.45, 2.75) is 50.9 Å². The van der Waals surface area contributed by atoms with Gasteiger partial charge in [0, 0.05) is 37.8 Å². The molecule has 1 N–H and O–H groups in total. The van der Waals surface area contributed by atoms with Crippen molar-refractivity contribution in [3.05, 3.63) is 35.9 Å². The number of carbonyl (C=O) groups excluding carboxylic acids is 1. The molecule has 138 valence electrons. The summed E-state index contributed by atoms with van der Waals surface area (Å²) >= 11 is 0. The van der Waals surface area contributed by atoms with Crippen LogP contribution in [0, 0.1) is 0 Å². The number of hydrogen-bond donors (Lipinski definition) is 1. The fourth-order valence-corrected chi connectivity index (χ4v) is 4.01. The van der Waals surface area contributed by atoms with Gasteiger partial charge in [-0.25, -0.2) is 0 Å². The lowest BCUT2D eigenvalue weighted by atomic mass is 10.1. The van der Waals surface area contributed by atoms with E-state index in [1.165, 1.54) is 12.8 Å². The van der Waals surface area contributed by atoms with E-state index in [1.807, 2.05) is 42.2 Å². The van der Waals surface area contributed by atoms with E-state index in [1.54, 1.807) is 0 Å². The van der Waals surface area contributed by atoms with Crippen LogP contribution in [0.1, 0.15) is 43.0 Å². The first-order valence-corrected chi connectivity index (χ1v) is 9.51. The Balaban J connectivity index is 1.68. The van der Waals surface area contributed by atoms with E-state index in [4.69, 9.17) is 4.74 Å². The molecule has 1 saturated heterocycles. The van der Waals surface area contributed by atoms with Crippen LogP contribution in [-0.2, 0) is 4.74 Å². The number of hydrogen-bond acceptors (Lipinski definition) is 4. The first-order chi connectivity index (χ1) is 12.1. The van der Waals surface area contributed by atoms with Crippen molar-refractivity contribution < 1.29 is 14.6 Å². The van der Waals surface area contributed by atoms with Gasteiger partial charge in [0.05, 0.1) is 18.8 Å². The van der Waals surface area contributed by atoms with E-state index in [-0.39, 0.29) is 18.1 Å². The van der Waals surface area contributed by atoms with Gasteiger partial charge in [0.2, 0.25) is 0 Å². The number of nitrogens with zero attached hydrogens (tertiary/aromatic N) is 2. The Morgan fingerprint density at radius 3 is 2.72 bits per heavy atom. The Kier molecular flexibility index (Phi) is 6.45. The van der Waals surface area contributed by atoms with E-state index < -0.39 is 0 Å². The van der Waals surface area contributed by atoms with Crippen LogP contribution in [0.3, 0.4) is 0 Å². The number of rotatable bonds is 6. The molecule has 2 atom stereocenters. The van der Waals surface area contributed by atoms with Crippen LogP contribution in [0.15, 0.2) is 30.3 Å². The molecular weight excluding hydrogens is 316 g/mol. The highest BCUT2D eigenvalue weighted by atomic mass is 16.5. The molecule has 25 heavy (non-hydrogen) atoms. The van der Waals surface area contributed by atoms with Gasteiger partial charge in [-0.15, -0.1) is 0 Å². The summed E-state index contributed by atoms with van der Waals surface area (Å²) in [7, 11) is 0. The van der Waals surface area contributed by atoms with Crippen LogP contribution in [0.5, 0.6) is 0 Å². The summed E-state index contributed by atoms with van der Waals surface area (Å²) in [6, 6.07) is 9.89. The summed E-state index contributed by atoms with van der Waals surface area (Å²) in [5.74, 6) is 0.115. The molecule has 1 amide bonds. The average Bonchev–Trinajstić information content (AvgIpc) is 3.14. The SMILES string of the molecule is CC(O)CN1CCOC(CN(C(=O)c2ccccc2)C2CCCC2)C1. The van der Waals surface area contributed by atoms with Crippen molar-refractivity contribution in [3.63, 3.8) is 0 Å². The van der Waals surface area contributed by atoms with Crippen molar-refractivity contribution in [2.24, 2.45) is 0 Å². The second-order valence-corrected chi connectivity index (χ2v) is 7.36. The fourth-order valence-electron chi connectivity index (χ4n) is 4.01. The number of β-amino-alcohol motifs (C(OH)–C–C–N with tert-alkyl or cyclic N) is 1. The maximum absolute atomic E-state index is 13.1. The number of ether oxygens (including phenoxy) is 1. The summed E-state index contributed by atoms with van der Waals surface area (Å²) in [5.41, 5.74) is 0.756. The minimum Gasteiger partial charge on any atom is -0.392 e. The first-order valence-electron chi connectivity index (χ1n) is 9.51. The Hall–Kier alpha value is -1.43. The van der Waals surface area contributed by atoms with Crippen molar-refractivity contribution >= 4 is 5.91 Å². The molecule has 5 nitrogen and oxygen atoms in total. The van der Waals surface area contributed by atoms with Crippen LogP contribution >= 0.6 is 0 Å². The van der Waals surface area contributed by atoms with Gasteiger partial charge in [-0.1, -0.05) is 31.0 Å². The maximum Gasteiger partial charge on any atom is 0.254 e. The van der Waals surface area contributed by atoms with E-state index in [0.29, 0.717) is 25.7 Å². The molecule has 0 aromatic heterocycles. The summed E-state index contributed by atoms with van der Waals surface area (Å²) in [6.45, 7) is 5.39. The van der Waals surface area contributed by atoms with E-state index in [9.17, 15) is 9.90 Å². The summed E-state index contributed by atoms with van der Waals surface area (Å²) in [5, 5.41) is 9.64. The molecule has 5 heteroatoms. The van der Waals surface area contributed by atoms with Gasteiger partial charge >= 0.3 is 0 Å². The zero-order valence-corrected chi connectivity index (χ0v) is 15.1. The first kappa shape index (κ1) is 18.4. The zero-order chi connectivity index (χ0) is 17.6. The van der Waals surface area contributed by atoms with Crippen LogP contribution in [0.25, 0.3) is 0 Å². The lowest BCUT2D eigenvalue weighted by molar-refractivity contribution is -0.0525. The Labute approximate surface area is 150 Å². The zero-order valence-electron chi connectivity index (χ0n) is 15.1. The van der Waals surface area contributed by atoms with Crippen LogP contribution in [0.2, 0.25) is 0 Å². The summed E-state index contributed by atoms with van der Waals surface area (Å²) in [6.07, 6.45) is 4.24. The third-order valence-corrected chi connectivity index (χ3v) is 5.19. The van der Waals surface area contributed by atoms with Crippen LogP contribution in [0.4, 0.5) is 0 Å². The highest BCUT2D eigenvalue weighted by Crippen LogP contribution is 2.26. The Morgan fingerprint density at radius 1 is 1.32 bits per heavy atom. The van der Waals surface area contributed by atoms with Crippen LogP contribution in [-0.4, -0.2) is 71.8 Å². The van der Waals surface area contributed by atoms with E-state index >= 15 is 0 Å². The predicted molar refractivity (Wildman–Crippen MR) is 97.6 cm³/mol. The Morgan fingerprint density at radius 2 is 2.04 bits per heavy atom. The van der Waals surface area contributed by atoms with Gasteiger partial charge in [0.25, 0.3) is 5.91 Å². The van der Waals surface area contributed by atoms with Crippen LogP contribution < -0.4 is 0 Å². The van der Waals surface area contributed by atoms with Crippen molar-refractivity contribution in [2.75, 3.05) is 32.8 Å². The third-order valence-electron chi connectivity index (χ3n) is 5.19. The normalized spacial score (nSPS) is 23.5. The number of morpholine rings is 1. The largest absolute Gasteiger partial charge is 0.392 e. The second-order valence-electron chi connectivity index (χ2n) is 7.36.